The molecule has 2 rings (SSSR count). The molecule has 0 aliphatic carbocycles. The van der Waals surface area contributed by atoms with Crippen LogP contribution < -0.4 is 10.1 Å². The van der Waals surface area contributed by atoms with E-state index in [1.165, 1.54) is 0 Å². The molecule has 1 heterocycles. The largest absolute Gasteiger partial charge is 0.438 e. The monoisotopic (exact) mass is 330 g/mol. The predicted molar refractivity (Wildman–Crippen MR) is 95.7 cm³/mol. The van der Waals surface area contributed by atoms with Gasteiger partial charge in [0.1, 0.15) is 5.75 Å². The molecule has 1 unspecified atom stereocenters. The van der Waals surface area contributed by atoms with E-state index in [1.807, 2.05) is 52.0 Å². The molecule has 0 aliphatic heterocycles. The maximum Gasteiger partial charge on any atom is 0.227 e. The number of aryl methyl sites for hydroxylation is 3. The average Bonchev–Trinajstić information content (AvgIpc) is 2.55. The first kappa shape index (κ1) is 18.2. The smallest absolute Gasteiger partial charge is 0.227 e. The number of pyridine rings is 1. The van der Waals surface area contributed by atoms with Crippen LogP contribution in [0.2, 0.25) is 0 Å². The summed E-state index contributed by atoms with van der Waals surface area (Å²) in [7, 11) is 0. The topological polar surface area (TPSA) is 74.6 Å². The van der Waals surface area contributed by atoms with Gasteiger partial charge < -0.3 is 20.3 Å². The summed E-state index contributed by atoms with van der Waals surface area (Å²) >= 11 is 0. The maximum absolute atomic E-state index is 9.84. The van der Waals surface area contributed by atoms with E-state index in [1.54, 1.807) is 0 Å². The summed E-state index contributed by atoms with van der Waals surface area (Å²) in [5.74, 6) is 1.15. The highest BCUT2D eigenvalue weighted by Crippen LogP contribution is 2.33. The van der Waals surface area contributed by atoms with Gasteiger partial charge in [-0.2, -0.15) is 0 Å². The van der Waals surface area contributed by atoms with Gasteiger partial charge in [-0.3, -0.25) is 0 Å². The van der Waals surface area contributed by atoms with Crippen LogP contribution in [0.3, 0.4) is 0 Å². The minimum Gasteiger partial charge on any atom is -0.438 e. The lowest BCUT2D eigenvalue weighted by Crippen LogP contribution is -2.23. The van der Waals surface area contributed by atoms with Crippen LogP contribution in [-0.4, -0.2) is 27.8 Å². The van der Waals surface area contributed by atoms with E-state index in [0.717, 1.165) is 34.7 Å². The van der Waals surface area contributed by atoms with Crippen LogP contribution in [0.5, 0.6) is 11.6 Å². The molecule has 5 nitrogen and oxygen atoms in total. The van der Waals surface area contributed by atoms with Gasteiger partial charge in [0.15, 0.2) is 0 Å². The zero-order valence-electron chi connectivity index (χ0n) is 14.8. The Hall–Kier alpha value is -2.11. The minimum atomic E-state index is -0.197. The predicted octanol–water partition coefficient (Wildman–Crippen LogP) is 3.47. The van der Waals surface area contributed by atoms with Crippen LogP contribution in [0, 0.1) is 20.8 Å². The van der Waals surface area contributed by atoms with Gasteiger partial charge in [-0.1, -0.05) is 25.1 Å². The summed E-state index contributed by atoms with van der Waals surface area (Å²) in [6, 6.07) is 7.73. The van der Waals surface area contributed by atoms with Crippen LogP contribution >= 0.6 is 0 Å². The third kappa shape index (κ3) is 4.04. The number of anilines is 1. The van der Waals surface area contributed by atoms with Gasteiger partial charge >= 0.3 is 0 Å². The molecule has 24 heavy (non-hydrogen) atoms. The molecule has 0 saturated heterocycles. The van der Waals surface area contributed by atoms with Crippen molar-refractivity contribution in [2.75, 3.05) is 11.9 Å². The number of benzene rings is 1. The number of nitrogens with zero attached hydrogens (tertiary/aromatic N) is 1. The Bertz CT molecular complexity index is 677. The molecular formula is C19H26N2O3. The third-order valence-corrected chi connectivity index (χ3v) is 4.05. The quantitative estimate of drug-likeness (QED) is 0.725. The Morgan fingerprint density at radius 3 is 2.38 bits per heavy atom. The molecule has 0 radical (unpaired) electrons. The fraction of sp³-hybridized carbons (Fsp3) is 0.421. The van der Waals surface area contributed by atoms with Crippen molar-refractivity contribution in [1.29, 1.82) is 0 Å². The molecular weight excluding hydrogens is 304 g/mol. The summed E-state index contributed by atoms with van der Waals surface area (Å²) < 4.78 is 6.06. The summed E-state index contributed by atoms with van der Waals surface area (Å²) in [5, 5.41) is 22.5. The van der Waals surface area contributed by atoms with Crippen molar-refractivity contribution < 1.29 is 14.9 Å². The minimum absolute atomic E-state index is 0.0236. The van der Waals surface area contributed by atoms with Crippen molar-refractivity contribution in [3.05, 3.63) is 46.6 Å². The molecule has 0 bridgehead atoms. The second-order valence-electron chi connectivity index (χ2n) is 6.01. The lowest BCUT2D eigenvalue weighted by molar-refractivity contribution is 0.268. The second-order valence-corrected chi connectivity index (χ2v) is 6.01. The number of ether oxygens (including phenoxy) is 1. The first-order valence-electron chi connectivity index (χ1n) is 8.23. The van der Waals surface area contributed by atoms with Gasteiger partial charge in [0, 0.05) is 17.4 Å². The lowest BCUT2D eigenvalue weighted by atomic mass is 10.1. The van der Waals surface area contributed by atoms with Gasteiger partial charge in [-0.25, -0.2) is 4.98 Å². The fourth-order valence-electron chi connectivity index (χ4n) is 2.59. The van der Waals surface area contributed by atoms with Crippen LogP contribution in [-0.2, 0) is 6.61 Å². The highest BCUT2D eigenvalue weighted by molar-refractivity contribution is 5.57. The zero-order chi connectivity index (χ0) is 17.7. The van der Waals surface area contributed by atoms with Crippen LogP contribution in [0.15, 0.2) is 24.3 Å². The van der Waals surface area contributed by atoms with Crippen LogP contribution in [0.25, 0.3) is 0 Å². The molecule has 0 aliphatic rings. The first-order chi connectivity index (χ1) is 11.5. The molecule has 1 atom stereocenters. The molecule has 2 aromatic rings. The number of rotatable bonds is 7. The Morgan fingerprint density at radius 2 is 1.83 bits per heavy atom. The van der Waals surface area contributed by atoms with Crippen molar-refractivity contribution in [3.8, 4) is 11.6 Å². The van der Waals surface area contributed by atoms with Crippen molar-refractivity contribution in [3.63, 3.8) is 0 Å². The Morgan fingerprint density at radius 1 is 1.17 bits per heavy atom. The number of aliphatic hydroxyl groups excluding tert-OH is 2. The van der Waals surface area contributed by atoms with Gasteiger partial charge in [0.2, 0.25) is 5.88 Å². The molecule has 0 amide bonds. The Balaban J connectivity index is 2.44. The molecule has 5 heteroatoms. The molecule has 0 fully saturated rings. The summed E-state index contributed by atoms with van der Waals surface area (Å²) in [5.41, 5.74) is 4.14. The van der Waals surface area contributed by atoms with Crippen molar-refractivity contribution in [2.45, 2.75) is 46.8 Å². The van der Waals surface area contributed by atoms with Crippen molar-refractivity contribution in [2.24, 2.45) is 0 Å². The van der Waals surface area contributed by atoms with Crippen molar-refractivity contribution >= 4 is 5.69 Å². The molecule has 0 saturated carbocycles. The maximum atomic E-state index is 9.84. The summed E-state index contributed by atoms with van der Waals surface area (Å²) in [4.78, 5) is 4.46. The SMILES string of the molecule is CCC(CO)Nc1cc(C)nc(Oc2c(C)cccc2C)c1CO. The van der Waals surface area contributed by atoms with Crippen molar-refractivity contribution in [1.82, 2.24) is 4.98 Å². The Labute approximate surface area is 143 Å². The van der Waals surface area contributed by atoms with Crippen LogP contribution in [0.1, 0.15) is 35.7 Å². The van der Waals surface area contributed by atoms with E-state index in [2.05, 4.69) is 10.3 Å². The van der Waals surface area contributed by atoms with E-state index in [0.29, 0.717) is 11.4 Å². The molecule has 130 valence electrons. The van der Waals surface area contributed by atoms with E-state index in [4.69, 9.17) is 4.74 Å². The highest BCUT2D eigenvalue weighted by atomic mass is 16.5. The van der Waals surface area contributed by atoms with Gasteiger partial charge in [-0.15, -0.1) is 0 Å². The van der Waals surface area contributed by atoms with E-state index in [9.17, 15) is 10.2 Å². The lowest BCUT2D eigenvalue weighted by Gasteiger charge is -2.21. The van der Waals surface area contributed by atoms with E-state index in [-0.39, 0.29) is 19.3 Å². The van der Waals surface area contributed by atoms with E-state index < -0.39 is 0 Å². The second kappa shape index (κ2) is 8.13. The molecule has 1 aromatic carbocycles. The first-order valence-corrected chi connectivity index (χ1v) is 8.23. The summed E-state index contributed by atoms with van der Waals surface area (Å²) in [6.07, 6.45) is 0.774. The number of hydrogen-bond donors (Lipinski definition) is 3. The number of hydrogen-bond acceptors (Lipinski definition) is 5. The average molecular weight is 330 g/mol. The van der Waals surface area contributed by atoms with Gasteiger partial charge in [-0.05, 0) is 44.4 Å². The number of aromatic nitrogens is 1. The molecule has 1 aromatic heterocycles. The number of aliphatic hydroxyl groups is 2. The standard InChI is InChI=1S/C19H26N2O3/c1-5-15(10-22)21-17-9-14(4)20-19(16(17)11-23)24-18-12(2)7-6-8-13(18)3/h6-9,15,22-23H,5,10-11H2,1-4H3,(H,20,21). The summed E-state index contributed by atoms with van der Waals surface area (Å²) in [6.45, 7) is 7.66. The fourth-order valence-corrected chi connectivity index (χ4v) is 2.59. The highest BCUT2D eigenvalue weighted by Gasteiger charge is 2.17. The van der Waals surface area contributed by atoms with Crippen LogP contribution in [0.4, 0.5) is 5.69 Å². The number of nitrogens with one attached hydrogen (secondary N) is 1. The molecule has 0 spiro atoms. The Kier molecular flexibility index (Phi) is 6.17. The number of para-hydroxylation sites is 1. The zero-order valence-corrected chi connectivity index (χ0v) is 14.8. The molecule has 3 N–H and O–H groups in total. The van der Waals surface area contributed by atoms with Gasteiger partial charge in [0.05, 0.1) is 18.8 Å². The normalized spacial score (nSPS) is 12.1. The van der Waals surface area contributed by atoms with Gasteiger partial charge in [0.25, 0.3) is 0 Å². The third-order valence-electron chi connectivity index (χ3n) is 4.05. The van der Waals surface area contributed by atoms with E-state index >= 15 is 0 Å².